The highest BCUT2D eigenvalue weighted by atomic mass is 19.3. The van der Waals surface area contributed by atoms with Crippen LogP contribution < -0.4 is 10.1 Å². The van der Waals surface area contributed by atoms with Crippen molar-refractivity contribution in [3.05, 3.63) is 35.4 Å². The molecule has 0 atom stereocenters. The van der Waals surface area contributed by atoms with E-state index in [1.54, 1.807) is 12.1 Å². The minimum atomic E-state index is -2.97. The number of rotatable bonds is 5. The smallest absolute Gasteiger partial charge is 0.387 e. The summed E-state index contributed by atoms with van der Waals surface area (Å²) in [6, 6.07) is 7.93. The molecule has 1 N–H and O–H groups in total. The molecule has 1 aromatic carbocycles. The average Bonchev–Trinajstić information content (AvgIpc) is 2.98. The third-order valence-corrected chi connectivity index (χ3v) is 3.49. The maximum atomic E-state index is 12.4. The van der Waals surface area contributed by atoms with E-state index in [1.165, 1.54) is 18.2 Å². The van der Waals surface area contributed by atoms with Gasteiger partial charge in [0, 0.05) is 11.6 Å². The SMILES string of the molecule is N#C/C(=C/c1ccccc1OC(F)F)C(=O)NC1CCCC1. The summed E-state index contributed by atoms with van der Waals surface area (Å²) in [7, 11) is 0. The number of nitriles is 1. The molecular weight excluding hydrogens is 290 g/mol. The van der Waals surface area contributed by atoms with Crippen LogP contribution in [0.2, 0.25) is 0 Å². The molecule has 0 heterocycles. The van der Waals surface area contributed by atoms with Gasteiger partial charge in [0.05, 0.1) is 0 Å². The summed E-state index contributed by atoms with van der Waals surface area (Å²) in [5.41, 5.74) is 0.137. The zero-order valence-corrected chi connectivity index (χ0v) is 11.9. The topological polar surface area (TPSA) is 62.1 Å². The molecule has 116 valence electrons. The van der Waals surface area contributed by atoms with Crippen LogP contribution in [0.4, 0.5) is 8.78 Å². The third-order valence-electron chi connectivity index (χ3n) is 3.49. The summed E-state index contributed by atoms with van der Waals surface area (Å²) in [5, 5.41) is 11.9. The zero-order chi connectivity index (χ0) is 15.9. The fourth-order valence-corrected chi connectivity index (χ4v) is 2.44. The number of halogens is 2. The number of amides is 1. The van der Waals surface area contributed by atoms with Crippen LogP contribution in [-0.2, 0) is 4.79 Å². The van der Waals surface area contributed by atoms with E-state index in [-0.39, 0.29) is 22.9 Å². The highest BCUT2D eigenvalue weighted by Gasteiger charge is 2.19. The Balaban J connectivity index is 2.17. The standard InChI is InChI=1S/C16H16F2N2O2/c17-16(18)22-14-8-4-1-5-11(14)9-12(10-19)15(21)20-13-6-2-3-7-13/h1,4-5,8-9,13,16H,2-3,6-7H2,(H,20,21)/b12-9-. The van der Waals surface area contributed by atoms with Crippen LogP contribution in [0.3, 0.4) is 0 Å². The number of nitrogens with one attached hydrogen (secondary N) is 1. The van der Waals surface area contributed by atoms with Gasteiger partial charge in [-0.25, -0.2) is 0 Å². The lowest BCUT2D eigenvalue weighted by Crippen LogP contribution is -2.33. The largest absolute Gasteiger partial charge is 0.434 e. The molecule has 0 saturated heterocycles. The lowest BCUT2D eigenvalue weighted by Gasteiger charge is -2.11. The van der Waals surface area contributed by atoms with Gasteiger partial charge in [0.15, 0.2) is 0 Å². The van der Waals surface area contributed by atoms with Crippen LogP contribution in [0.5, 0.6) is 5.75 Å². The fraction of sp³-hybridized carbons (Fsp3) is 0.375. The quantitative estimate of drug-likeness (QED) is 0.671. The predicted octanol–water partition coefficient (Wildman–Crippen LogP) is 3.25. The van der Waals surface area contributed by atoms with Gasteiger partial charge in [-0.2, -0.15) is 14.0 Å². The van der Waals surface area contributed by atoms with E-state index in [4.69, 9.17) is 5.26 Å². The van der Waals surface area contributed by atoms with Crippen molar-refractivity contribution in [2.75, 3.05) is 0 Å². The fourth-order valence-electron chi connectivity index (χ4n) is 2.44. The monoisotopic (exact) mass is 306 g/mol. The number of hydrogen-bond donors (Lipinski definition) is 1. The Bertz CT molecular complexity index is 602. The lowest BCUT2D eigenvalue weighted by molar-refractivity contribution is -0.117. The van der Waals surface area contributed by atoms with Crippen LogP contribution in [0.25, 0.3) is 6.08 Å². The lowest BCUT2D eigenvalue weighted by atomic mass is 10.1. The molecule has 1 fully saturated rings. The summed E-state index contributed by atoms with van der Waals surface area (Å²) < 4.78 is 29.1. The van der Waals surface area contributed by atoms with Gasteiger partial charge in [0.2, 0.25) is 0 Å². The van der Waals surface area contributed by atoms with Crippen molar-refractivity contribution in [3.63, 3.8) is 0 Å². The Kier molecular flexibility index (Phi) is 5.48. The van der Waals surface area contributed by atoms with Crippen molar-refractivity contribution >= 4 is 12.0 Å². The van der Waals surface area contributed by atoms with E-state index in [0.717, 1.165) is 25.7 Å². The van der Waals surface area contributed by atoms with Crippen molar-refractivity contribution in [3.8, 4) is 11.8 Å². The maximum Gasteiger partial charge on any atom is 0.387 e. The molecule has 1 aliphatic rings. The molecule has 1 amide bonds. The first-order chi connectivity index (χ1) is 10.6. The Labute approximate surface area is 127 Å². The third kappa shape index (κ3) is 4.29. The highest BCUT2D eigenvalue weighted by molar-refractivity contribution is 6.02. The molecule has 22 heavy (non-hydrogen) atoms. The molecule has 0 spiro atoms. The highest BCUT2D eigenvalue weighted by Crippen LogP contribution is 2.23. The summed E-state index contributed by atoms with van der Waals surface area (Å²) >= 11 is 0. The van der Waals surface area contributed by atoms with Crippen molar-refractivity contribution in [2.45, 2.75) is 38.3 Å². The van der Waals surface area contributed by atoms with Gasteiger partial charge in [-0.15, -0.1) is 0 Å². The van der Waals surface area contributed by atoms with Gasteiger partial charge in [-0.05, 0) is 25.0 Å². The van der Waals surface area contributed by atoms with E-state index in [1.807, 2.05) is 6.07 Å². The Morgan fingerprint density at radius 3 is 2.68 bits per heavy atom. The predicted molar refractivity (Wildman–Crippen MR) is 77.1 cm³/mol. The molecule has 2 rings (SSSR count). The molecule has 0 bridgehead atoms. The second kappa shape index (κ2) is 7.55. The van der Waals surface area contributed by atoms with Gasteiger partial charge < -0.3 is 10.1 Å². The van der Waals surface area contributed by atoms with Gasteiger partial charge in [-0.1, -0.05) is 31.0 Å². The van der Waals surface area contributed by atoms with E-state index in [9.17, 15) is 13.6 Å². The number of para-hydroxylation sites is 1. The van der Waals surface area contributed by atoms with E-state index in [0.29, 0.717) is 0 Å². The van der Waals surface area contributed by atoms with Gasteiger partial charge in [0.25, 0.3) is 5.91 Å². The van der Waals surface area contributed by atoms with Crippen molar-refractivity contribution in [1.29, 1.82) is 5.26 Å². The number of ether oxygens (including phenoxy) is 1. The average molecular weight is 306 g/mol. The Morgan fingerprint density at radius 2 is 2.05 bits per heavy atom. The van der Waals surface area contributed by atoms with Crippen LogP contribution >= 0.6 is 0 Å². The normalized spacial score (nSPS) is 15.6. The molecule has 0 radical (unpaired) electrons. The Hall–Kier alpha value is -2.42. The van der Waals surface area contributed by atoms with Crippen LogP contribution in [0.15, 0.2) is 29.8 Å². The van der Waals surface area contributed by atoms with Crippen molar-refractivity contribution in [2.24, 2.45) is 0 Å². The molecule has 1 aromatic rings. The summed E-state index contributed by atoms with van der Waals surface area (Å²) in [6.07, 6.45) is 5.18. The number of benzene rings is 1. The molecule has 4 nitrogen and oxygen atoms in total. The Morgan fingerprint density at radius 1 is 1.36 bits per heavy atom. The van der Waals surface area contributed by atoms with E-state index in [2.05, 4.69) is 10.1 Å². The number of carbonyl (C=O) groups excluding carboxylic acids is 1. The first-order valence-corrected chi connectivity index (χ1v) is 7.06. The first-order valence-electron chi connectivity index (χ1n) is 7.06. The van der Waals surface area contributed by atoms with Crippen molar-refractivity contribution < 1.29 is 18.3 Å². The molecule has 6 heteroatoms. The molecule has 0 unspecified atom stereocenters. The minimum absolute atomic E-state index is 0.0704. The summed E-state index contributed by atoms with van der Waals surface area (Å²) in [4.78, 5) is 12.1. The number of hydrogen-bond acceptors (Lipinski definition) is 3. The van der Waals surface area contributed by atoms with Crippen molar-refractivity contribution in [1.82, 2.24) is 5.32 Å². The minimum Gasteiger partial charge on any atom is -0.434 e. The second-order valence-electron chi connectivity index (χ2n) is 5.04. The number of carbonyl (C=O) groups is 1. The second-order valence-corrected chi connectivity index (χ2v) is 5.04. The van der Waals surface area contributed by atoms with E-state index < -0.39 is 12.5 Å². The van der Waals surface area contributed by atoms with Crippen LogP contribution in [0.1, 0.15) is 31.2 Å². The summed E-state index contributed by atoms with van der Waals surface area (Å²) in [6.45, 7) is -2.97. The van der Waals surface area contributed by atoms with Crippen LogP contribution in [-0.4, -0.2) is 18.6 Å². The number of alkyl halides is 2. The summed E-state index contributed by atoms with van der Waals surface area (Å²) in [5.74, 6) is -0.555. The van der Waals surface area contributed by atoms with Gasteiger partial charge in [0.1, 0.15) is 17.4 Å². The zero-order valence-electron chi connectivity index (χ0n) is 11.9. The van der Waals surface area contributed by atoms with Gasteiger partial charge in [-0.3, -0.25) is 4.79 Å². The van der Waals surface area contributed by atoms with Crippen LogP contribution in [0, 0.1) is 11.3 Å². The van der Waals surface area contributed by atoms with Gasteiger partial charge >= 0.3 is 6.61 Å². The molecule has 0 aliphatic heterocycles. The maximum absolute atomic E-state index is 12.4. The molecule has 1 aliphatic carbocycles. The molecule has 1 saturated carbocycles. The first kappa shape index (κ1) is 16.0. The number of nitrogens with zero attached hydrogens (tertiary/aromatic N) is 1. The van der Waals surface area contributed by atoms with E-state index >= 15 is 0 Å². The molecule has 0 aromatic heterocycles. The molecular formula is C16H16F2N2O2.